The van der Waals surface area contributed by atoms with Gasteiger partial charge in [-0.15, -0.1) is 0 Å². The third-order valence-electron chi connectivity index (χ3n) is 3.06. The minimum Gasteiger partial charge on any atom is -0.469 e. The van der Waals surface area contributed by atoms with Gasteiger partial charge in [0.05, 0.1) is 14.2 Å². The minimum absolute atomic E-state index is 0.130. The summed E-state index contributed by atoms with van der Waals surface area (Å²) in [5, 5.41) is 0.690. The second kappa shape index (κ2) is 5.73. The lowest BCUT2D eigenvalue weighted by atomic mass is 10.1. The van der Waals surface area contributed by atoms with Gasteiger partial charge in [0.1, 0.15) is 11.5 Å². The van der Waals surface area contributed by atoms with Crippen molar-refractivity contribution in [3.8, 4) is 0 Å². The highest BCUT2D eigenvalue weighted by atomic mass is 19.1. The smallest absolute Gasteiger partial charge is 0.354 e. The van der Waals surface area contributed by atoms with Gasteiger partial charge in [-0.3, -0.25) is 4.79 Å². The fraction of sp³-hybridized carbons (Fsp3) is 0.286. The van der Waals surface area contributed by atoms with Crippen molar-refractivity contribution in [2.75, 3.05) is 14.2 Å². The van der Waals surface area contributed by atoms with Crippen LogP contribution in [0.2, 0.25) is 0 Å². The van der Waals surface area contributed by atoms with Crippen molar-refractivity contribution in [2.45, 2.75) is 12.8 Å². The van der Waals surface area contributed by atoms with Gasteiger partial charge >= 0.3 is 11.9 Å². The first-order valence-corrected chi connectivity index (χ1v) is 6.02. The van der Waals surface area contributed by atoms with Gasteiger partial charge in [0.15, 0.2) is 0 Å². The number of esters is 2. The van der Waals surface area contributed by atoms with E-state index in [0.29, 0.717) is 22.9 Å². The van der Waals surface area contributed by atoms with Gasteiger partial charge in [-0.05, 0) is 30.2 Å². The van der Waals surface area contributed by atoms with Crippen molar-refractivity contribution in [3.05, 3.63) is 35.3 Å². The molecule has 1 aromatic carbocycles. The maximum Gasteiger partial charge on any atom is 0.354 e. The Morgan fingerprint density at radius 2 is 2.00 bits per heavy atom. The number of ether oxygens (including phenoxy) is 2. The van der Waals surface area contributed by atoms with Crippen LogP contribution in [0.4, 0.5) is 4.39 Å². The van der Waals surface area contributed by atoms with Gasteiger partial charge in [-0.1, -0.05) is 0 Å². The number of aryl methyl sites for hydroxylation is 1. The zero-order valence-electron chi connectivity index (χ0n) is 11.2. The van der Waals surface area contributed by atoms with E-state index in [1.807, 2.05) is 0 Å². The predicted molar refractivity (Wildman–Crippen MR) is 69.9 cm³/mol. The Balaban J connectivity index is 2.47. The largest absolute Gasteiger partial charge is 0.469 e. The molecule has 5 nitrogen and oxygen atoms in total. The Labute approximate surface area is 114 Å². The Kier molecular flexibility index (Phi) is 4.02. The normalized spacial score (nSPS) is 10.6. The molecule has 0 saturated carbocycles. The van der Waals surface area contributed by atoms with Crippen LogP contribution in [0, 0.1) is 5.82 Å². The van der Waals surface area contributed by atoms with Crippen LogP contribution in [0.25, 0.3) is 10.9 Å². The molecule has 0 aliphatic rings. The van der Waals surface area contributed by atoms with E-state index in [-0.39, 0.29) is 18.1 Å². The third kappa shape index (κ3) is 2.64. The number of hydrogen-bond donors (Lipinski definition) is 1. The average molecular weight is 279 g/mol. The Morgan fingerprint density at radius 1 is 1.25 bits per heavy atom. The topological polar surface area (TPSA) is 68.4 Å². The van der Waals surface area contributed by atoms with E-state index in [1.54, 1.807) is 6.07 Å². The lowest BCUT2D eigenvalue weighted by molar-refractivity contribution is -0.140. The number of carbonyl (C=O) groups excluding carboxylic acids is 2. The Hall–Kier alpha value is -2.37. The van der Waals surface area contributed by atoms with Crippen molar-refractivity contribution < 1.29 is 23.5 Å². The number of nitrogens with one attached hydrogen (secondary N) is 1. The van der Waals surface area contributed by atoms with E-state index in [1.165, 1.54) is 26.4 Å². The van der Waals surface area contributed by atoms with Crippen LogP contribution in [0.15, 0.2) is 18.2 Å². The van der Waals surface area contributed by atoms with Gasteiger partial charge in [-0.2, -0.15) is 0 Å². The van der Waals surface area contributed by atoms with E-state index in [9.17, 15) is 14.0 Å². The minimum atomic E-state index is -0.554. The second-order valence-electron chi connectivity index (χ2n) is 4.24. The molecule has 2 aromatic rings. The lowest BCUT2D eigenvalue weighted by Gasteiger charge is -2.03. The molecule has 1 aromatic heterocycles. The molecule has 2 rings (SSSR count). The van der Waals surface area contributed by atoms with Gasteiger partial charge in [-0.25, -0.2) is 9.18 Å². The van der Waals surface area contributed by atoms with Crippen molar-refractivity contribution >= 4 is 22.8 Å². The monoisotopic (exact) mass is 279 g/mol. The highest BCUT2D eigenvalue weighted by Crippen LogP contribution is 2.25. The van der Waals surface area contributed by atoms with E-state index in [2.05, 4.69) is 14.5 Å². The number of carbonyl (C=O) groups is 2. The van der Waals surface area contributed by atoms with Crippen LogP contribution in [-0.2, 0) is 20.7 Å². The van der Waals surface area contributed by atoms with Gasteiger partial charge in [0.25, 0.3) is 0 Å². The summed E-state index contributed by atoms with van der Waals surface area (Å²) in [7, 11) is 2.56. The standard InChI is InChI=1S/C14H14FNO4/c1-19-12(17)6-5-10-9-4-3-8(15)7-11(9)16-13(10)14(18)20-2/h3-4,7,16H,5-6H2,1-2H3. The molecule has 0 saturated heterocycles. The predicted octanol–water partition coefficient (Wildman–Crippen LogP) is 2.20. The first-order chi connectivity index (χ1) is 9.56. The number of aromatic amines is 1. The number of aromatic nitrogens is 1. The first kappa shape index (κ1) is 14.0. The van der Waals surface area contributed by atoms with Crippen molar-refractivity contribution in [3.63, 3.8) is 0 Å². The summed E-state index contributed by atoms with van der Waals surface area (Å²) in [5.74, 6) is -1.34. The molecule has 0 aliphatic carbocycles. The number of fused-ring (bicyclic) bond motifs is 1. The molecule has 0 atom stereocenters. The van der Waals surface area contributed by atoms with Gasteiger partial charge in [0, 0.05) is 17.3 Å². The quantitative estimate of drug-likeness (QED) is 0.871. The molecule has 1 N–H and O–H groups in total. The van der Waals surface area contributed by atoms with Crippen molar-refractivity contribution in [1.29, 1.82) is 0 Å². The molecule has 0 radical (unpaired) electrons. The second-order valence-corrected chi connectivity index (χ2v) is 4.24. The van der Waals surface area contributed by atoms with E-state index in [4.69, 9.17) is 0 Å². The van der Waals surface area contributed by atoms with Crippen LogP contribution in [0.3, 0.4) is 0 Å². The fourth-order valence-electron chi connectivity index (χ4n) is 2.09. The highest BCUT2D eigenvalue weighted by molar-refractivity contribution is 5.98. The molecule has 0 aliphatic heterocycles. The fourth-order valence-corrected chi connectivity index (χ4v) is 2.09. The summed E-state index contributed by atoms with van der Waals surface area (Å²) in [4.78, 5) is 25.8. The molecule has 20 heavy (non-hydrogen) atoms. The summed E-state index contributed by atoms with van der Waals surface area (Å²) in [5.41, 5.74) is 1.35. The SMILES string of the molecule is COC(=O)CCc1c(C(=O)OC)[nH]c2cc(F)ccc12. The molecule has 6 heteroatoms. The number of methoxy groups -OCH3 is 2. The van der Waals surface area contributed by atoms with Crippen molar-refractivity contribution in [1.82, 2.24) is 4.98 Å². The zero-order valence-corrected chi connectivity index (χ0v) is 11.2. The zero-order chi connectivity index (χ0) is 14.7. The van der Waals surface area contributed by atoms with E-state index in [0.717, 1.165) is 0 Å². The van der Waals surface area contributed by atoms with Crippen molar-refractivity contribution in [2.24, 2.45) is 0 Å². The molecular weight excluding hydrogens is 265 g/mol. The molecule has 0 fully saturated rings. The molecule has 0 amide bonds. The molecule has 0 spiro atoms. The van der Waals surface area contributed by atoms with Crippen LogP contribution in [0.1, 0.15) is 22.5 Å². The average Bonchev–Trinajstić information content (AvgIpc) is 2.81. The summed E-state index contributed by atoms with van der Waals surface area (Å²) in [6, 6.07) is 4.17. The molecule has 0 unspecified atom stereocenters. The number of rotatable bonds is 4. The first-order valence-electron chi connectivity index (χ1n) is 6.02. The summed E-state index contributed by atoms with van der Waals surface area (Å²) in [6.45, 7) is 0. The lowest BCUT2D eigenvalue weighted by Crippen LogP contribution is -2.07. The van der Waals surface area contributed by atoms with Gasteiger partial charge in [0.2, 0.25) is 0 Å². The maximum absolute atomic E-state index is 13.2. The molecule has 0 bridgehead atoms. The van der Waals surface area contributed by atoms with Crippen LogP contribution >= 0.6 is 0 Å². The molecule has 1 heterocycles. The Morgan fingerprint density at radius 3 is 2.65 bits per heavy atom. The molecular formula is C14H14FNO4. The number of halogens is 1. The number of benzene rings is 1. The summed E-state index contributed by atoms with van der Waals surface area (Å²) < 4.78 is 22.5. The highest BCUT2D eigenvalue weighted by Gasteiger charge is 2.19. The van der Waals surface area contributed by atoms with E-state index >= 15 is 0 Å². The van der Waals surface area contributed by atoms with Crippen LogP contribution < -0.4 is 0 Å². The van der Waals surface area contributed by atoms with E-state index < -0.39 is 11.8 Å². The van der Waals surface area contributed by atoms with Crippen LogP contribution in [-0.4, -0.2) is 31.1 Å². The summed E-state index contributed by atoms with van der Waals surface area (Å²) in [6.07, 6.45) is 0.438. The number of hydrogen-bond acceptors (Lipinski definition) is 4. The summed E-state index contributed by atoms with van der Waals surface area (Å²) >= 11 is 0. The number of H-pyrrole nitrogens is 1. The third-order valence-corrected chi connectivity index (χ3v) is 3.06. The Bertz CT molecular complexity index is 662. The van der Waals surface area contributed by atoms with Gasteiger partial charge < -0.3 is 14.5 Å². The van der Waals surface area contributed by atoms with Crippen LogP contribution in [0.5, 0.6) is 0 Å². The molecule has 106 valence electrons. The maximum atomic E-state index is 13.2.